The summed E-state index contributed by atoms with van der Waals surface area (Å²) in [6.07, 6.45) is 0. The van der Waals surface area contributed by atoms with E-state index in [2.05, 4.69) is 26.6 Å². The van der Waals surface area contributed by atoms with Crippen LogP contribution in [0.1, 0.15) is 24.2 Å². The zero-order valence-corrected chi connectivity index (χ0v) is 24.3. The monoisotopic (exact) mass is 609 g/mol. The predicted octanol–water partition coefficient (Wildman–Crippen LogP) is 6.16. The van der Waals surface area contributed by atoms with Crippen molar-refractivity contribution in [3.63, 3.8) is 0 Å². The van der Waals surface area contributed by atoms with Crippen molar-refractivity contribution in [2.45, 2.75) is 18.7 Å². The third kappa shape index (κ3) is 6.63. The van der Waals surface area contributed by atoms with Crippen molar-refractivity contribution in [3.05, 3.63) is 87.4 Å². The molecule has 0 saturated carbocycles. The molecular weight excluding hydrogens is 582 g/mol. The minimum Gasteiger partial charge on any atom is -0.497 e. The Balaban J connectivity index is 1.60. The molecule has 0 aromatic heterocycles. The Morgan fingerprint density at radius 1 is 0.949 bits per heavy atom. The van der Waals surface area contributed by atoms with Crippen LogP contribution in [0.15, 0.2) is 86.7 Å². The Morgan fingerprint density at radius 3 is 2.36 bits per heavy atom. The fraction of sp³-hybridized carbons (Fsp3) is 0.207. The number of nitrogens with zero attached hydrogens (tertiary/aromatic N) is 1. The van der Waals surface area contributed by atoms with Gasteiger partial charge in [0, 0.05) is 33.4 Å². The highest BCUT2D eigenvalue weighted by Crippen LogP contribution is 2.37. The van der Waals surface area contributed by atoms with Gasteiger partial charge < -0.3 is 20.1 Å². The van der Waals surface area contributed by atoms with Gasteiger partial charge in [-0.2, -0.15) is 0 Å². The lowest BCUT2D eigenvalue weighted by Crippen LogP contribution is -2.35. The third-order valence-electron chi connectivity index (χ3n) is 5.75. The van der Waals surface area contributed by atoms with Crippen LogP contribution in [-0.2, 0) is 9.59 Å². The minimum atomic E-state index is -0.366. The van der Waals surface area contributed by atoms with Gasteiger partial charge in [0.25, 0.3) is 17.7 Å². The van der Waals surface area contributed by atoms with Crippen molar-refractivity contribution in [1.29, 1.82) is 0 Å². The topological polar surface area (TPSA) is 97.0 Å². The highest BCUT2D eigenvalue weighted by atomic mass is 79.9. The molecule has 0 spiro atoms. The molecule has 4 rings (SSSR count). The van der Waals surface area contributed by atoms with Crippen molar-refractivity contribution < 1.29 is 23.9 Å². The first-order valence-electron chi connectivity index (χ1n) is 12.1. The van der Waals surface area contributed by atoms with Crippen molar-refractivity contribution in [1.82, 2.24) is 4.90 Å². The van der Waals surface area contributed by atoms with Crippen LogP contribution in [0.5, 0.6) is 11.5 Å². The molecule has 10 heteroatoms. The molecule has 0 fully saturated rings. The number of carbonyl (C=O) groups is 3. The van der Waals surface area contributed by atoms with Crippen LogP contribution in [0.4, 0.5) is 11.4 Å². The third-order valence-corrected chi connectivity index (χ3v) is 7.35. The van der Waals surface area contributed by atoms with E-state index >= 15 is 0 Å². The first-order valence-corrected chi connectivity index (χ1v) is 13.8. The summed E-state index contributed by atoms with van der Waals surface area (Å²) >= 11 is 4.59. The molecule has 3 aromatic rings. The van der Waals surface area contributed by atoms with Crippen LogP contribution in [0.2, 0.25) is 0 Å². The molecule has 0 unspecified atom stereocenters. The molecule has 0 bridgehead atoms. The van der Waals surface area contributed by atoms with E-state index in [1.807, 2.05) is 44.2 Å². The van der Waals surface area contributed by atoms with Gasteiger partial charge in [0.15, 0.2) is 0 Å². The number of nitrogens with one attached hydrogen (secondary N) is 2. The van der Waals surface area contributed by atoms with Gasteiger partial charge in [0.05, 0.1) is 19.8 Å². The van der Waals surface area contributed by atoms with Crippen LogP contribution in [0.3, 0.4) is 0 Å². The summed E-state index contributed by atoms with van der Waals surface area (Å²) in [4.78, 5) is 41.9. The maximum atomic E-state index is 13.4. The molecule has 0 aliphatic carbocycles. The van der Waals surface area contributed by atoms with Gasteiger partial charge in [-0.3, -0.25) is 19.3 Å². The van der Waals surface area contributed by atoms with Gasteiger partial charge in [0.2, 0.25) is 0 Å². The fourth-order valence-corrected chi connectivity index (χ4v) is 5.18. The van der Waals surface area contributed by atoms with Crippen molar-refractivity contribution in [3.8, 4) is 11.5 Å². The molecule has 0 radical (unpaired) electrons. The molecule has 202 valence electrons. The number of ether oxygens (including phenoxy) is 2. The van der Waals surface area contributed by atoms with Gasteiger partial charge >= 0.3 is 0 Å². The maximum Gasteiger partial charge on any atom is 0.278 e. The second-order valence-electron chi connectivity index (χ2n) is 9.10. The summed E-state index contributed by atoms with van der Waals surface area (Å²) in [6, 6.07) is 19.4. The second kappa shape index (κ2) is 12.4. The van der Waals surface area contributed by atoms with E-state index in [0.29, 0.717) is 44.8 Å². The highest BCUT2D eigenvalue weighted by molar-refractivity contribution is 9.10. The van der Waals surface area contributed by atoms with Crippen LogP contribution in [0, 0.1) is 5.92 Å². The molecule has 1 heterocycles. The summed E-state index contributed by atoms with van der Waals surface area (Å²) < 4.78 is 11.5. The van der Waals surface area contributed by atoms with E-state index in [1.165, 1.54) is 30.9 Å². The molecular formula is C29H28BrN3O5S. The average Bonchev–Trinajstić information content (AvgIpc) is 3.13. The smallest absolute Gasteiger partial charge is 0.278 e. The SMILES string of the molecule is COc1ccc(C(=O)Nc2cccc(SC3=C(Nc4ccc(Br)cc4)C(=O)N(CC(C)C)C3=O)c2)c(OC)c1. The lowest BCUT2D eigenvalue weighted by atomic mass is 10.1. The number of methoxy groups -OCH3 is 2. The first-order chi connectivity index (χ1) is 18.7. The van der Waals surface area contributed by atoms with Crippen molar-refractivity contribution in [2.75, 3.05) is 31.4 Å². The van der Waals surface area contributed by atoms with Crippen molar-refractivity contribution >= 4 is 56.8 Å². The Labute approximate surface area is 239 Å². The zero-order valence-electron chi connectivity index (χ0n) is 21.9. The van der Waals surface area contributed by atoms with Gasteiger partial charge in [0.1, 0.15) is 22.1 Å². The van der Waals surface area contributed by atoms with Crippen LogP contribution < -0.4 is 20.1 Å². The number of imide groups is 1. The summed E-state index contributed by atoms with van der Waals surface area (Å²) in [5.74, 6) is -0.00401. The summed E-state index contributed by atoms with van der Waals surface area (Å²) in [5, 5.41) is 6.02. The molecule has 1 aliphatic rings. The average molecular weight is 611 g/mol. The van der Waals surface area contributed by atoms with E-state index in [-0.39, 0.29) is 29.3 Å². The summed E-state index contributed by atoms with van der Waals surface area (Å²) in [5.41, 5.74) is 1.79. The van der Waals surface area contributed by atoms with E-state index in [0.717, 1.165) is 4.47 Å². The zero-order chi connectivity index (χ0) is 28.1. The van der Waals surface area contributed by atoms with Gasteiger partial charge in [-0.25, -0.2) is 0 Å². The number of amides is 3. The lowest BCUT2D eigenvalue weighted by Gasteiger charge is -2.17. The largest absolute Gasteiger partial charge is 0.497 e. The van der Waals surface area contributed by atoms with E-state index in [9.17, 15) is 14.4 Å². The number of benzene rings is 3. The number of carbonyl (C=O) groups excluding carboxylic acids is 3. The Hall–Kier alpha value is -3.76. The van der Waals surface area contributed by atoms with E-state index < -0.39 is 0 Å². The van der Waals surface area contributed by atoms with Crippen molar-refractivity contribution in [2.24, 2.45) is 5.92 Å². The minimum absolute atomic E-state index is 0.115. The van der Waals surface area contributed by atoms with E-state index in [4.69, 9.17) is 9.47 Å². The molecule has 0 saturated heterocycles. The molecule has 3 aromatic carbocycles. The maximum absolute atomic E-state index is 13.4. The first kappa shape index (κ1) is 28.3. The Bertz CT molecular complexity index is 1440. The number of hydrogen-bond donors (Lipinski definition) is 2. The number of thioether (sulfide) groups is 1. The lowest BCUT2D eigenvalue weighted by molar-refractivity contribution is -0.137. The quantitative estimate of drug-likeness (QED) is 0.266. The Kier molecular flexibility index (Phi) is 8.98. The summed E-state index contributed by atoms with van der Waals surface area (Å²) in [6.45, 7) is 4.22. The normalized spacial score (nSPS) is 13.2. The predicted molar refractivity (Wildman–Crippen MR) is 156 cm³/mol. The molecule has 39 heavy (non-hydrogen) atoms. The van der Waals surface area contributed by atoms with Crippen LogP contribution in [-0.4, -0.2) is 43.4 Å². The van der Waals surface area contributed by atoms with Gasteiger partial charge in [-0.1, -0.05) is 47.6 Å². The molecule has 0 atom stereocenters. The van der Waals surface area contributed by atoms with Crippen LogP contribution in [0.25, 0.3) is 0 Å². The molecule has 2 N–H and O–H groups in total. The molecule has 1 aliphatic heterocycles. The second-order valence-corrected chi connectivity index (χ2v) is 11.1. The Morgan fingerprint density at radius 2 is 1.69 bits per heavy atom. The number of hydrogen-bond acceptors (Lipinski definition) is 7. The molecule has 8 nitrogen and oxygen atoms in total. The number of rotatable bonds is 10. The summed E-state index contributed by atoms with van der Waals surface area (Å²) in [7, 11) is 3.02. The number of halogens is 1. The standard InChI is InChI=1S/C29H28BrN3O5S/c1-17(2)16-33-28(35)25(31-19-10-8-18(30)9-11-19)26(29(33)36)39-22-7-5-6-20(14-22)32-27(34)23-13-12-21(37-3)15-24(23)38-4/h5-15,17,31H,16H2,1-4H3,(H,32,34). The molecule has 3 amide bonds. The van der Waals surface area contributed by atoms with E-state index in [1.54, 1.807) is 36.4 Å². The van der Waals surface area contributed by atoms with Gasteiger partial charge in [-0.05, 0) is 60.5 Å². The van der Waals surface area contributed by atoms with Gasteiger partial charge in [-0.15, -0.1) is 0 Å². The highest BCUT2D eigenvalue weighted by Gasteiger charge is 2.39. The fourth-order valence-electron chi connectivity index (χ4n) is 3.91. The van der Waals surface area contributed by atoms with Crippen LogP contribution >= 0.6 is 27.7 Å². The number of anilines is 2.